The van der Waals surface area contributed by atoms with Gasteiger partial charge in [-0.15, -0.1) is 0 Å². The lowest BCUT2D eigenvalue weighted by Crippen LogP contribution is -2.26. The number of rotatable bonds is 10. The van der Waals surface area contributed by atoms with Crippen LogP contribution >= 0.6 is 15.9 Å². The summed E-state index contributed by atoms with van der Waals surface area (Å²) < 4.78 is 13.9. The maximum Gasteiger partial charge on any atom is 0.224 e. The molecule has 7 heteroatoms. The van der Waals surface area contributed by atoms with Crippen molar-refractivity contribution in [3.05, 3.63) is 88.2 Å². The van der Waals surface area contributed by atoms with Gasteiger partial charge in [0.15, 0.2) is 11.5 Å². The molecule has 0 aliphatic carbocycles. The summed E-state index contributed by atoms with van der Waals surface area (Å²) in [5.74, 6) is 2.28. The first-order chi connectivity index (χ1) is 16.6. The van der Waals surface area contributed by atoms with Crippen molar-refractivity contribution in [2.24, 2.45) is 0 Å². The average molecular weight is 522 g/mol. The van der Waals surface area contributed by atoms with Gasteiger partial charge < -0.3 is 19.4 Å². The lowest BCUT2D eigenvalue weighted by Gasteiger charge is -2.11. The summed E-state index contributed by atoms with van der Waals surface area (Å²) in [6.07, 6.45) is 1.88. The molecule has 3 aromatic carbocycles. The number of halogens is 1. The predicted molar refractivity (Wildman–Crippen MR) is 138 cm³/mol. The number of aromatic nitrogens is 2. The monoisotopic (exact) mass is 521 g/mol. The molecule has 1 heterocycles. The molecule has 6 nitrogen and oxygen atoms in total. The molecule has 34 heavy (non-hydrogen) atoms. The highest BCUT2D eigenvalue weighted by atomic mass is 79.9. The predicted octanol–water partition coefficient (Wildman–Crippen LogP) is 5.16. The molecule has 0 atom stereocenters. The lowest BCUT2D eigenvalue weighted by molar-refractivity contribution is -0.120. The molecule has 0 saturated carbocycles. The molecule has 0 aliphatic rings. The van der Waals surface area contributed by atoms with Crippen molar-refractivity contribution in [2.45, 2.75) is 25.8 Å². The molecule has 0 spiro atoms. The number of imidazole rings is 1. The number of carbonyl (C=O) groups is 1. The van der Waals surface area contributed by atoms with Gasteiger partial charge in [0.1, 0.15) is 5.82 Å². The van der Waals surface area contributed by atoms with Gasteiger partial charge in [-0.3, -0.25) is 4.79 Å². The lowest BCUT2D eigenvalue weighted by atomic mass is 10.1. The van der Waals surface area contributed by atoms with Gasteiger partial charge in [0.2, 0.25) is 5.91 Å². The van der Waals surface area contributed by atoms with Gasteiger partial charge in [-0.2, -0.15) is 0 Å². The SMILES string of the molecule is COc1ccc(CC(=O)NCCCc2nc3ccccc3n2Cc2cccc(Br)c2)cc1OC. The van der Waals surface area contributed by atoms with Crippen molar-refractivity contribution in [3.63, 3.8) is 0 Å². The Morgan fingerprint density at radius 1 is 0.971 bits per heavy atom. The average Bonchev–Trinajstić information content (AvgIpc) is 3.19. The first kappa shape index (κ1) is 23.8. The highest BCUT2D eigenvalue weighted by molar-refractivity contribution is 9.10. The number of nitrogens with one attached hydrogen (secondary N) is 1. The smallest absolute Gasteiger partial charge is 0.224 e. The van der Waals surface area contributed by atoms with Crippen LogP contribution in [0.25, 0.3) is 11.0 Å². The van der Waals surface area contributed by atoms with Crippen LogP contribution in [0.15, 0.2) is 71.2 Å². The van der Waals surface area contributed by atoms with Crippen molar-refractivity contribution in [1.29, 1.82) is 0 Å². The topological polar surface area (TPSA) is 65.4 Å². The van der Waals surface area contributed by atoms with Gasteiger partial charge in [0.05, 0.1) is 31.7 Å². The third-order valence-corrected chi connectivity index (χ3v) is 6.17. The summed E-state index contributed by atoms with van der Waals surface area (Å²) in [6.45, 7) is 1.34. The van der Waals surface area contributed by atoms with E-state index in [0.29, 0.717) is 24.5 Å². The maximum atomic E-state index is 12.5. The third-order valence-electron chi connectivity index (χ3n) is 5.68. The molecule has 176 valence electrons. The fourth-order valence-corrected chi connectivity index (χ4v) is 4.47. The number of hydrogen-bond donors (Lipinski definition) is 1. The van der Waals surface area contributed by atoms with Gasteiger partial charge >= 0.3 is 0 Å². The molecule has 1 aromatic heterocycles. The minimum absolute atomic E-state index is 0.0186. The molecule has 4 rings (SSSR count). The molecular formula is C27H28BrN3O3. The summed E-state index contributed by atoms with van der Waals surface area (Å²) in [5.41, 5.74) is 4.20. The third kappa shape index (κ3) is 5.78. The molecule has 0 fully saturated rings. The Hall–Kier alpha value is -3.32. The Balaban J connectivity index is 1.37. The number of nitrogens with zero attached hydrogens (tertiary/aromatic N) is 2. The summed E-state index contributed by atoms with van der Waals surface area (Å²) in [7, 11) is 3.18. The molecular weight excluding hydrogens is 494 g/mol. The maximum absolute atomic E-state index is 12.5. The highest BCUT2D eigenvalue weighted by Crippen LogP contribution is 2.27. The summed E-state index contributed by atoms with van der Waals surface area (Å²) in [6, 6.07) is 22.1. The van der Waals surface area contributed by atoms with E-state index in [1.165, 1.54) is 5.56 Å². The Kier molecular flexibility index (Phi) is 7.85. The van der Waals surface area contributed by atoms with Crippen LogP contribution in [-0.2, 0) is 24.2 Å². The van der Waals surface area contributed by atoms with Gasteiger partial charge in [-0.1, -0.05) is 46.3 Å². The Morgan fingerprint density at radius 2 is 1.79 bits per heavy atom. The van der Waals surface area contributed by atoms with Crippen LogP contribution in [0.1, 0.15) is 23.4 Å². The Labute approximate surface area is 208 Å². The van der Waals surface area contributed by atoms with Gasteiger partial charge in [-0.05, 0) is 53.9 Å². The zero-order valence-electron chi connectivity index (χ0n) is 19.4. The molecule has 1 amide bonds. The number of amides is 1. The molecule has 0 aliphatic heterocycles. The minimum Gasteiger partial charge on any atom is -0.493 e. The largest absolute Gasteiger partial charge is 0.493 e. The summed E-state index contributed by atoms with van der Waals surface area (Å²) >= 11 is 3.56. The second-order valence-corrected chi connectivity index (χ2v) is 8.97. The standard InChI is InChI=1S/C27H28BrN3O3/c1-33-24-13-12-19(16-25(24)34-2)17-27(32)29-14-6-11-26-30-22-9-3-4-10-23(22)31(26)18-20-7-5-8-21(28)15-20/h3-5,7-10,12-13,15-16H,6,11,14,17-18H2,1-2H3,(H,29,32). The van der Waals surface area contributed by atoms with Crippen LogP contribution in [0.3, 0.4) is 0 Å². The minimum atomic E-state index is -0.0186. The number of hydrogen-bond acceptors (Lipinski definition) is 4. The van der Waals surface area contributed by atoms with Crippen molar-refractivity contribution in [1.82, 2.24) is 14.9 Å². The molecule has 0 unspecified atom stereocenters. The molecule has 0 bridgehead atoms. The van der Waals surface area contributed by atoms with Gasteiger partial charge in [0.25, 0.3) is 0 Å². The molecule has 0 radical (unpaired) electrons. The van der Waals surface area contributed by atoms with Crippen LogP contribution in [-0.4, -0.2) is 36.2 Å². The first-order valence-corrected chi connectivity index (χ1v) is 12.0. The normalized spacial score (nSPS) is 10.9. The van der Waals surface area contributed by atoms with Gasteiger partial charge in [0, 0.05) is 24.0 Å². The number of aryl methyl sites for hydroxylation is 1. The zero-order valence-corrected chi connectivity index (χ0v) is 21.0. The number of fused-ring (bicyclic) bond motifs is 1. The Morgan fingerprint density at radius 3 is 2.59 bits per heavy atom. The van der Waals surface area contributed by atoms with Crippen LogP contribution in [0.5, 0.6) is 11.5 Å². The quantitative estimate of drug-likeness (QED) is 0.293. The van der Waals surface area contributed by atoms with E-state index in [1.54, 1.807) is 14.2 Å². The number of benzene rings is 3. The Bertz CT molecular complexity index is 1290. The van der Waals surface area contributed by atoms with E-state index in [9.17, 15) is 4.79 Å². The van der Waals surface area contributed by atoms with Crippen molar-refractivity contribution < 1.29 is 14.3 Å². The number of methoxy groups -OCH3 is 2. The van der Waals surface area contributed by atoms with Crippen LogP contribution in [0, 0.1) is 0 Å². The summed E-state index contributed by atoms with van der Waals surface area (Å²) in [5, 5.41) is 3.02. The van der Waals surface area contributed by atoms with Crippen molar-refractivity contribution in [3.8, 4) is 11.5 Å². The first-order valence-electron chi connectivity index (χ1n) is 11.2. The fourth-order valence-electron chi connectivity index (χ4n) is 4.02. The van der Waals surface area contributed by atoms with Crippen molar-refractivity contribution >= 4 is 32.9 Å². The second kappa shape index (κ2) is 11.2. The number of para-hydroxylation sites is 2. The van der Waals surface area contributed by atoms with Crippen molar-refractivity contribution in [2.75, 3.05) is 20.8 Å². The van der Waals surface area contributed by atoms with E-state index in [0.717, 1.165) is 46.3 Å². The number of carbonyl (C=O) groups excluding carboxylic acids is 1. The van der Waals surface area contributed by atoms with Crippen LogP contribution in [0.4, 0.5) is 0 Å². The van der Waals surface area contributed by atoms with E-state index < -0.39 is 0 Å². The van der Waals surface area contributed by atoms with E-state index in [1.807, 2.05) is 48.5 Å². The van der Waals surface area contributed by atoms with E-state index in [-0.39, 0.29) is 5.91 Å². The zero-order chi connectivity index (χ0) is 23.9. The fraction of sp³-hybridized carbons (Fsp3) is 0.259. The summed E-state index contributed by atoms with van der Waals surface area (Å²) in [4.78, 5) is 17.3. The van der Waals surface area contributed by atoms with Crippen LogP contribution in [0.2, 0.25) is 0 Å². The van der Waals surface area contributed by atoms with Gasteiger partial charge in [-0.25, -0.2) is 4.98 Å². The van der Waals surface area contributed by atoms with E-state index in [4.69, 9.17) is 14.5 Å². The van der Waals surface area contributed by atoms with E-state index in [2.05, 4.69) is 44.0 Å². The van der Waals surface area contributed by atoms with E-state index >= 15 is 0 Å². The number of ether oxygens (including phenoxy) is 2. The molecule has 4 aromatic rings. The second-order valence-electron chi connectivity index (χ2n) is 8.05. The molecule has 1 N–H and O–H groups in total. The molecule has 0 saturated heterocycles. The van der Waals surface area contributed by atoms with Crippen LogP contribution < -0.4 is 14.8 Å². The highest BCUT2D eigenvalue weighted by Gasteiger charge is 2.12.